The van der Waals surface area contributed by atoms with Crippen molar-refractivity contribution in [2.24, 2.45) is 5.92 Å². The Hall–Kier alpha value is -6.33. The number of aromatic nitrogens is 6. The van der Waals surface area contributed by atoms with Crippen LogP contribution in [0.4, 0.5) is 35.3 Å². The molecule has 1 aliphatic carbocycles. The molecule has 0 bridgehead atoms. The number of hydrogen-bond donors (Lipinski definition) is 3. The molecule has 0 aliphatic heterocycles. The molecule has 15 nitrogen and oxygen atoms in total. The van der Waals surface area contributed by atoms with Gasteiger partial charge in [-0.2, -0.15) is 13.2 Å². The highest BCUT2D eigenvalue weighted by Crippen LogP contribution is 2.59. The Morgan fingerprint density at radius 1 is 1.02 bits per heavy atom. The largest absolute Gasteiger partial charge is 0.497 e. The van der Waals surface area contributed by atoms with Gasteiger partial charge in [-0.1, -0.05) is 19.0 Å². The van der Waals surface area contributed by atoms with Crippen LogP contribution < -0.4 is 25.4 Å². The number of aryl methyl sites for hydroxylation is 1. The minimum atomic E-state index is -4.49. The van der Waals surface area contributed by atoms with Gasteiger partial charge in [0.2, 0.25) is 0 Å². The second-order valence-corrected chi connectivity index (χ2v) is 13.5. The molecule has 2 amide bonds. The molecule has 55 heavy (non-hydrogen) atoms. The van der Waals surface area contributed by atoms with Gasteiger partial charge in [0.15, 0.2) is 17.2 Å². The number of amides is 2. The standard InChI is InChI=1S/C37H38F3N9O6/c1-21(2)19-54-30(50)9-13-48-18-24(31-32(43-20-44-34(31)48)42-17-22-5-6-23(52-3)15-27(22)53-4)26-8-7-25(33-41-12-14-49(26)33)45-35(51)46-29-16-28(55-47-29)36(10-11-36)37(38,39)40/h5-8,12,14-16,18,20-21H,9-11,13,17,19H2,1-4H3,(H,42,43,44)(H2,45,46,47,51). The van der Waals surface area contributed by atoms with Crippen molar-refractivity contribution in [3.63, 3.8) is 0 Å². The number of esters is 1. The fourth-order valence-electron chi connectivity index (χ4n) is 6.30. The number of alkyl halides is 3. The Kier molecular flexibility index (Phi) is 9.98. The highest BCUT2D eigenvalue weighted by atomic mass is 19.4. The van der Waals surface area contributed by atoms with Crippen molar-refractivity contribution in [3.8, 4) is 22.8 Å². The van der Waals surface area contributed by atoms with Gasteiger partial charge in [0, 0.05) is 54.9 Å². The first-order valence-electron chi connectivity index (χ1n) is 17.4. The van der Waals surface area contributed by atoms with E-state index in [4.69, 9.17) is 18.7 Å². The molecule has 1 aromatic carbocycles. The topological polar surface area (TPSA) is 172 Å². The average Bonchev–Trinajstić information content (AvgIpc) is 3.44. The molecule has 0 spiro atoms. The van der Waals surface area contributed by atoms with E-state index in [0.29, 0.717) is 64.1 Å². The summed E-state index contributed by atoms with van der Waals surface area (Å²) in [4.78, 5) is 39.3. The number of benzene rings is 1. The van der Waals surface area contributed by atoms with Crippen LogP contribution in [0, 0.1) is 5.92 Å². The Morgan fingerprint density at radius 2 is 1.84 bits per heavy atom. The number of pyridine rings is 1. The van der Waals surface area contributed by atoms with E-state index < -0.39 is 17.6 Å². The van der Waals surface area contributed by atoms with E-state index in [1.54, 1.807) is 49.2 Å². The first-order valence-corrected chi connectivity index (χ1v) is 17.4. The van der Waals surface area contributed by atoms with Crippen LogP contribution in [0.5, 0.6) is 11.5 Å². The molecule has 288 valence electrons. The van der Waals surface area contributed by atoms with Gasteiger partial charge in [0.25, 0.3) is 0 Å². The maximum absolute atomic E-state index is 13.6. The maximum atomic E-state index is 13.6. The van der Waals surface area contributed by atoms with Gasteiger partial charge in [0.05, 0.1) is 44.0 Å². The Balaban J connectivity index is 1.19. The molecule has 0 radical (unpaired) electrons. The number of rotatable bonds is 14. The lowest BCUT2D eigenvalue weighted by molar-refractivity contribution is -0.165. The van der Waals surface area contributed by atoms with Gasteiger partial charge < -0.3 is 33.9 Å². The molecule has 18 heteroatoms. The molecule has 0 unspecified atom stereocenters. The van der Waals surface area contributed by atoms with Crippen LogP contribution in [0.15, 0.2) is 65.8 Å². The number of nitrogens with zero attached hydrogens (tertiary/aromatic N) is 6. The van der Waals surface area contributed by atoms with Crippen LogP contribution in [-0.2, 0) is 28.0 Å². The van der Waals surface area contributed by atoms with Crippen molar-refractivity contribution in [1.29, 1.82) is 0 Å². The van der Waals surface area contributed by atoms with Crippen molar-refractivity contribution in [3.05, 3.63) is 72.6 Å². The van der Waals surface area contributed by atoms with E-state index in [1.807, 2.05) is 36.7 Å². The lowest BCUT2D eigenvalue weighted by atomic mass is 10.0. The minimum absolute atomic E-state index is 0.105. The number of methoxy groups -OCH3 is 2. The zero-order valence-corrected chi connectivity index (χ0v) is 30.4. The van der Waals surface area contributed by atoms with Gasteiger partial charge in [-0.25, -0.2) is 19.7 Å². The lowest BCUT2D eigenvalue weighted by Crippen LogP contribution is -2.28. The summed E-state index contributed by atoms with van der Waals surface area (Å²) in [6.07, 6.45) is 2.00. The molecule has 0 atom stereocenters. The normalized spacial score (nSPS) is 13.6. The fraction of sp³-hybridized carbons (Fsp3) is 0.351. The third kappa shape index (κ3) is 7.43. The number of carbonyl (C=O) groups is 2. The van der Waals surface area contributed by atoms with Crippen molar-refractivity contribution < 1.29 is 41.5 Å². The second kappa shape index (κ2) is 14.8. The number of ether oxygens (including phenoxy) is 3. The van der Waals surface area contributed by atoms with E-state index in [1.165, 1.54) is 6.33 Å². The van der Waals surface area contributed by atoms with Crippen LogP contribution in [-0.4, -0.2) is 68.1 Å². The zero-order chi connectivity index (χ0) is 38.9. The summed E-state index contributed by atoms with van der Waals surface area (Å²) in [5, 5.41) is 12.9. The molecule has 1 saturated carbocycles. The zero-order valence-electron chi connectivity index (χ0n) is 30.4. The van der Waals surface area contributed by atoms with E-state index in [0.717, 1.165) is 11.6 Å². The van der Waals surface area contributed by atoms with Crippen LogP contribution in [0.2, 0.25) is 0 Å². The molecule has 5 heterocycles. The summed E-state index contributed by atoms with van der Waals surface area (Å²) in [6, 6.07) is 9.27. The molecular weight excluding hydrogens is 723 g/mol. The minimum Gasteiger partial charge on any atom is -0.497 e. The van der Waals surface area contributed by atoms with Crippen molar-refractivity contribution in [2.45, 2.75) is 57.8 Å². The van der Waals surface area contributed by atoms with Gasteiger partial charge in [-0.15, -0.1) is 0 Å². The number of fused-ring (bicyclic) bond motifs is 2. The lowest BCUT2D eigenvalue weighted by Gasteiger charge is -2.15. The Labute approximate surface area is 312 Å². The molecule has 1 fully saturated rings. The molecule has 6 aromatic rings. The highest BCUT2D eigenvalue weighted by Gasteiger charge is 2.67. The number of nitrogens with one attached hydrogen (secondary N) is 3. The molecule has 3 N–H and O–H groups in total. The molecule has 0 saturated heterocycles. The van der Waals surface area contributed by atoms with Crippen molar-refractivity contribution in [2.75, 3.05) is 36.8 Å². The van der Waals surface area contributed by atoms with E-state index in [9.17, 15) is 22.8 Å². The van der Waals surface area contributed by atoms with Crippen molar-refractivity contribution >= 4 is 46.0 Å². The molecule has 5 aromatic heterocycles. The van der Waals surface area contributed by atoms with Gasteiger partial charge >= 0.3 is 18.2 Å². The second-order valence-electron chi connectivity index (χ2n) is 13.5. The van der Waals surface area contributed by atoms with Gasteiger partial charge in [-0.05, 0) is 43.0 Å². The van der Waals surface area contributed by atoms with Crippen LogP contribution >= 0.6 is 0 Å². The third-order valence-corrected chi connectivity index (χ3v) is 9.32. The summed E-state index contributed by atoms with van der Waals surface area (Å²) in [6.45, 7) is 4.86. The van der Waals surface area contributed by atoms with E-state index >= 15 is 0 Å². The number of hydrogen-bond acceptors (Lipinski definition) is 11. The first-order chi connectivity index (χ1) is 26.4. The molecule has 7 rings (SSSR count). The van der Waals surface area contributed by atoms with E-state index in [-0.39, 0.29) is 49.3 Å². The maximum Gasteiger partial charge on any atom is 0.401 e. The summed E-state index contributed by atoms with van der Waals surface area (Å²) in [7, 11) is 3.16. The predicted molar refractivity (Wildman–Crippen MR) is 195 cm³/mol. The van der Waals surface area contributed by atoms with Crippen LogP contribution in [0.25, 0.3) is 27.9 Å². The molecular formula is C37H38F3N9O6. The van der Waals surface area contributed by atoms with Gasteiger partial charge in [0.1, 0.15) is 34.7 Å². The molecule has 1 aliphatic rings. The van der Waals surface area contributed by atoms with E-state index in [2.05, 4.69) is 36.1 Å². The van der Waals surface area contributed by atoms with Gasteiger partial charge in [-0.3, -0.25) is 14.5 Å². The summed E-state index contributed by atoms with van der Waals surface area (Å²) in [5.74, 6) is 1.14. The Bertz CT molecular complexity index is 2360. The predicted octanol–water partition coefficient (Wildman–Crippen LogP) is 7.19. The number of carbonyl (C=O) groups excluding carboxylic acids is 2. The van der Waals surface area contributed by atoms with Crippen LogP contribution in [0.3, 0.4) is 0 Å². The van der Waals surface area contributed by atoms with Crippen molar-refractivity contribution in [1.82, 2.24) is 29.1 Å². The first kappa shape index (κ1) is 37.0. The monoisotopic (exact) mass is 761 g/mol. The quantitative estimate of drug-likeness (QED) is 0.0960. The smallest absolute Gasteiger partial charge is 0.401 e. The summed E-state index contributed by atoms with van der Waals surface area (Å²) < 4.78 is 65.7. The number of anilines is 3. The highest BCUT2D eigenvalue weighted by molar-refractivity contribution is 6.03. The SMILES string of the molecule is COc1ccc(CNc2ncnc3c2c(-c2ccc(NC(=O)Nc4cc(C5(C(F)(F)F)CC5)on4)c4nccn24)cn3CCC(=O)OCC(C)C)c(OC)c1. The number of imidazole rings is 1. The summed E-state index contributed by atoms with van der Waals surface area (Å²) >= 11 is 0. The third-order valence-electron chi connectivity index (χ3n) is 9.32. The number of urea groups is 1. The average molecular weight is 762 g/mol. The Morgan fingerprint density at radius 3 is 2.56 bits per heavy atom. The fourth-order valence-corrected chi connectivity index (χ4v) is 6.30. The number of halogens is 3. The van der Waals surface area contributed by atoms with Crippen LogP contribution in [0.1, 0.15) is 44.4 Å². The summed E-state index contributed by atoms with van der Waals surface area (Å²) in [5.41, 5.74) is 1.37.